The number of hydrogen-bond acceptors (Lipinski definition) is 1. The van der Waals surface area contributed by atoms with Gasteiger partial charge >= 0.3 is 40.5 Å². The predicted molar refractivity (Wildman–Crippen MR) is 121 cm³/mol. The van der Waals surface area contributed by atoms with Crippen LogP contribution in [0.1, 0.15) is 72.9 Å². The Morgan fingerprint density at radius 3 is 1.04 bits per heavy atom. The van der Waals surface area contributed by atoms with Gasteiger partial charge in [0.15, 0.2) is 0 Å². The third kappa shape index (κ3) is 12.3. The summed E-state index contributed by atoms with van der Waals surface area (Å²) in [6, 6.07) is 0. The first kappa shape index (κ1) is 28.4. The van der Waals surface area contributed by atoms with Crippen LogP contribution in [-0.2, 0) is 13.2 Å². The van der Waals surface area contributed by atoms with Gasteiger partial charge in [0.05, 0.1) is 0 Å². The first-order valence-corrected chi connectivity index (χ1v) is 18.6. The summed E-state index contributed by atoms with van der Waals surface area (Å²) < 4.78 is 0. The van der Waals surface area contributed by atoms with Gasteiger partial charge in [0, 0.05) is 8.15 Å². The van der Waals surface area contributed by atoms with Gasteiger partial charge in [-0.05, 0) is 100 Å². The zero-order chi connectivity index (χ0) is 20.0. The van der Waals surface area contributed by atoms with E-state index in [9.17, 15) is 4.89 Å². The molecule has 1 aromatic carbocycles. The molecule has 1 N–H and O–H groups in total. The molecule has 150 valence electrons. The summed E-state index contributed by atoms with van der Waals surface area (Å²) in [7, 11) is -0.592. The van der Waals surface area contributed by atoms with Crippen LogP contribution in [0.3, 0.4) is 0 Å². The van der Waals surface area contributed by atoms with Crippen LogP contribution in [0.25, 0.3) is 0 Å². The maximum absolute atomic E-state index is 9.38. The van der Waals surface area contributed by atoms with E-state index in [0.29, 0.717) is 13.2 Å². The quantitative estimate of drug-likeness (QED) is 0.264. The zero-order valence-electron chi connectivity index (χ0n) is 17.2. The zero-order valence-corrected chi connectivity index (χ0v) is 23.1. The van der Waals surface area contributed by atoms with Gasteiger partial charge in [-0.15, -0.1) is 0 Å². The molecule has 0 spiro atoms. The summed E-state index contributed by atoms with van der Waals surface area (Å²) in [5, 5.41) is 0. The van der Waals surface area contributed by atoms with Crippen molar-refractivity contribution in [2.75, 3.05) is 12.3 Å². The fourth-order valence-corrected chi connectivity index (χ4v) is 4.07. The summed E-state index contributed by atoms with van der Waals surface area (Å²) in [5.41, 5.74) is 8.73. The third-order valence-corrected chi connectivity index (χ3v) is 6.58. The molecule has 0 radical (unpaired) electrons. The molecule has 0 aromatic heterocycles. The first-order valence-electron chi connectivity index (χ1n) is 9.01. The van der Waals surface area contributed by atoms with Gasteiger partial charge in [0.2, 0.25) is 0 Å². The minimum absolute atomic E-state index is 0.335. The monoisotopic (exact) mass is 584 g/mol. The molecule has 1 rings (SSSR count). The van der Waals surface area contributed by atoms with Crippen LogP contribution >= 0.6 is 35.4 Å². The molecule has 0 saturated heterocycles. The second kappa shape index (κ2) is 17.3. The SMILES string of the molecule is CCCCP(O)CCCC.Cc1c(C)c(C)c(C)c(C)c1C.[Br][Ru][Br]. The Hall–Kier alpha value is 1.19. The van der Waals surface area contributed by atoms with Gasteiger partial charge in [0.25, 0.3) is 0 Å². The van der Waals surface area contributed by atoms with Gasteiger partial charge in [-0.25, -0.2) is 0 Å². The number of benzene rings is 1. The molecule has 1 aromatic rings. The maximum atomic E-state index is 9.38. The van der Waals surface area contributed by atoms with Gasteiger partial charge in [0.1, 0.15) is 0 Å². The van der Waals surface area contributed by atoms with E-state index < -0.39 is 8.15 Å². The van der Waals surface area contributed by atoms with Crippen molar-refractivity contribution in [2.24, 2.45) is 0 Å². The normalized spacial score (nSPS) is 10.2. The summed E-state index contributed by atoms with van der Waals surface area (Å²) in [5.74, 6) is 0. The van der Waals surface area contributed by atoms with Crippen LogP contribution in [0.4, 0.5) is 0 Å². The molecule has 0 atom stereocenters. The number of halogens is 2. The number of rotatable bonds is 6. The van der Waals surface area contributed by atoms with Crippen molar-refractivity contribution in [1.82, 2.24) is 0 Å². The molecular formula is C20H37Br2OPRu. The number of unbranched alkanes of at least 4 members (excludes halogenated alkanes) is 2. The standard InChI is InChI=1S/C12H18.C8H19OP.2BrH.Ru/c1-7-8(2)10(4)12(6)11(5)9(7)3;1-3-5-7-10(9)8-6-4-2;;;/h1-6H3;9H,3-8H2,1-2H3;2*1H;/q;;;;+2/p-2. The topological polar surface area (TPSA) is 20.2 Å². The number of hydrogen-bond donors (Lipinski definition) is 1. The van der Waals surface area contributed by atoms with Crippen molar-refractivity contribution in [1.29, 1.82) is 0 Å². The van der Waals surface area contributed by atoms with Crippen LogP contribution in [0.5, 0.6) is 0 Å². The molecule has 1 nitrogen and oxygen atoms in total. The van der Waals surface area contributed by atoms with E-state index in [1.54, 1.807) is 0 Å². The van der Waals surface area contributed by atoms with E-state index in [1.807, 2.05) is 0 Å². The Morgan fingerprint density at radius 1 is 0.680 bits per heavy atom. The van der Waals surface area contributed by atoms with Crippen molar-refractivity contribution >= 4 is 35.4 Å². The van der Waals surface area contributed by atoms with Crippen molar-refractivity contribution < 1.29 is 18.1 Å². The molecule has 0 amide bonds. The molecule has 0 fully saturated rings. The fraction of sp³-hybridized carbons (Fsp3) is 0.700. The predicted octanol–water partition coefficient (Wildman–Crippen LogP) is 8.20. The van der Waals surface area contributed by atoms with Crippen molar-refractivity contribution in [3.8, 4) is 0 Å². The summed E-state index contributed by atoms with van der Waals surface area (Å²) in [6.45, 7) is 17.6. The Morgan fingerprint density at radius 2 is 0.880 bits per heavy atom. The molecule has 25 heavy (non-hydrogen) atoms. The van der Waals surface area contributed by atoms with Crippen LogP contribution < -0.4 is 0 Å². The van der Waals surface area contributed by atoms with E-state index in [2.05, 4.69) is 82.6 Å². The van der Waals surface area contributed by atoms with E-state index in [1.165, 1.54) is 59.1 Å². The summed E-state index contributed by atoms with van der Waals surface area (Å²) in [6.07, 6.45) is 6.95. The van der Waals surface area contributed by atoms with E-state index in [0.717, 1.165) is 12.3 Å². The average molecular weight is 585 g/mol. The van der Waals surface area contributed by atoms with Crippen LogP contribution in [0, 0.1) is 41.5 Å². The first-order chi connectivity index (χ1) is 11.7. The Balaban J connectivity index is 0. The van der Waals surface area contributed by atoms with Gasteiger partial charge < -0.3 is 4.89 Å². The third-order valence-electron chi connectivity index (χ3n) is 4.91. The van der Waals surface area contributed by atoms with Gasteiger partial charge in [-0.2, -0.15) is 0 Å². The minimum atomic E-state index is -0.592. The molecule has 0 bridgehead atoms. The average Bonchev–Trinajstić information content (AvgIpc) is 2.60. The molecule has 0 saturated carbocycles. The van der Waals surface area contributed by atoms with E-state index >= 15 is 0 Å². The van der Waals surface area contributed by atoms with Crippen molar-refractivity contribution in [3.05, 3.63) is 33.4 Å². The Kier molecular flexibility index (Phi) is 19.7. The van der Waals surface area contributed by atoms with Gasteiger partial charge in [-0.1, -0.05) is 26.7 Å². The summed E-state index contributed by atoms with van der Waals surface area (Å²) >= 11 is 6.64. The molecule has 5 heteroatoms. The molecular weight excluding hydrogens is 548 g/mol. The molecule has 0 aliphatic carbocycles. The second-order valence-corrected chi connectivity index (χ2v) is 16.4. The Bertz CT molecular complexity index is 368. The molecule has 0 unspecified atom stereocenters. The van der Waals surface area contributed by atoms with E-state index in [4.69, 9.17) is 0 Å². The van der Waals surface area contributed by atoms with Crippen molar-refractivity contribution in [3.63, 3.8) is 0 Å². The Labute approximate surface area is 179 Å². The molecule has 0 heterocycles. The second-order valence-electron chi connectivity index (χ2n) is 6.46. The molecule has 0 aliphatic rings. The van der Waals surface area contributed by atoms with E-state index in [-0.39, 0.29) is 0 Å². The van der Waals surface area contributed by atoms with Crippen molar-refractivity contribution in [2.45, 2.75) is 81.1 Å². The van der Waals surface area contributed by atoms with Crippen LogP contribution in [-0.4, -0.2) is 17.2 Å². The summed E-state index contributed by atoms with van der Waals surface area (Å²) in [4.78, 5) is 9.38. The van der Waals surface area contributed by atoms with Gasteiger partial charge in [-0.3, -0.25) is 0 Å². The van der Waals surface area contributed by atoms with Crippen LogP contribution in [0.15, 0.2) is 0 Å². The van der Waals surface area contributed by atoms with Crippen LogP contribution in [0.2, 0.25) is 0 Å². The molecule has 0 aliphatic heterocycles. The fourth-order valence-electron chi connectivity index (χ4n) is 2.48.